The second-order valence-electron chi connectivity index (χ2n) is 20.3. The van der Waals surface area contributed by atoms with Gasteiger partial charge in [-0.1, -0.05) is 54.1 Å². The lowest BCUT2D eigenvalue weighted by atomic mass is 9.91. The summed E-state index contributed by atoms with van der Waals surface area (Å²) in [7, 11) is 5.98. The van der Waals surface area contributed by atoms with Gasteiger partial charge in [0.15, 0.2) is 0 Å². The number of nitrogens with one attached hydrogen (secondary N) is 6. The summed E-state index contributed by atoms with van der Waals surface area (Å²) in [6.45, 7) is 8.90. The van der Waals surface area contributed by atoms with Gasteiger partial charge in [-0.15, -0.1) is 0 Å². The van der Waals surface area contributed by atoms with E-state index in [4.69, 9.17) is 25.8 Å². The molecule has 8 amide bonds. The Morgan fingerprint density at radius 3 is 2.18 bits per heavy atom. The standard InChI is InChI=1S/C57H71ClN8O11/c1-33-49(67)64-45(51(69)62-34(2)54(72)66-28-12-14-46(66)52(70)59-6)30-35-15-26-47(76-9)43(29-35)42-31-39(20-21-40(42)32-75-8)48(53(71)61-33)65(7)55(73)44(13-10-11-27-60-56(74)77-57(3,4)5)63-50(68)38-18-16-36(17-19-38)37-22-24-41(58)25-23-37/h15-26,29,31,33-34,44-46,48H,10-14,27-28,30,32H2,1-9H3,(H,59,70)(H,60,74)(H,61,71)(H,62,69)(H,63,68)(H,64,67)/t33-,34-,44-,45-,46-,48-/m0/s1. The molecule has 0 aromatic heterocycles. The van der Waals surface area contributed by atoms with Gasteiger partial charge in [-0.3, -0.25) is 33.6 Å². The molecule has 412 valence electrons. The minimum absolute atomic E-state index is 0.0451. The Labute approximate surface area is 454 Å². The van der Waals surface area contributed by atoms with Crippen molar-refractivity contribution in [3.63, 3.8) is 0 Å². The highest BCUT2D eigenvalue weighted by atomic mass is 35.5. The number of alkyl carbamates (subject to hydrolysis) is 1. The molecule has 19 nitrogen and oxygen atoms in total. The third kappa shape index (κ3) is 15.3. The van der Waals surface area contributed by atoms with Gasteiger partial charge in [0.2, 0.25) is 35.4 Å². The van der Waals surface area contributed by atoms with Crippen LogP contribution in [0.25, 0.3) is 22.3 Å². The molecule has 1 saturated heterocycles. The van der Waals surface area contributed by atoms with Crippen molar-refractivity contribution in [2.75, 3.05) is 41.4 Å². The van der Waals surface area contributed by atoms with E-state index in [9.17, 15) is 33.6 Å². The highest BCUT2D eigenvalue weighted by Crippen LogP contribution is 2.37. The molecule has 6 N–H and O–H groups in total. The number of likely N-dealkylation sites (tertiary alicyclic amines) is 1. The second-order valence-corrected chi connectivity index (χ2v) is 20.7. The smallest absolute Gasteiger partial charge is 0.407 e. The Bertz CT molecular complexity index is 2800. The molecule has 0 unspecified atom stereocenters. The molecule has 6 rings (SSSR count). The highest BCUT2D eigenvalue weighted by Gasteiger charge is 2.39. The molecule has 0 saturated carbocycles. The number of carbonyl (C=O) groups is 8. The number of nitrogens with zero attached hydrogens (tertiary/aromatic N) is 2. The summed E-state index contributed by atoms with van der Waals surface area (Å²) in [4.78, 5) is 114. The first-order chi connectivity index (χ1) is 36.6. The second kappa shape index (κ2) is 26.5. The van der Waals surface area contributed by atoms with Crippen LogP contribution in [0.4, 0.5) is 4.79 Å². The van der Waals surface area contributed by atoms with Crippen LogP contribution < -0.4 is 36.6 Å². The third-order valence-corrected chi connectivity index (χ3v) is 13.7. The number of halogens is 1. The lowest BCUT2D eigenvalue weighted by Crippen LogP contribution is -2.58. The van der Waals surface area contributed by atoms with Gasteiger partial charge < -0.3 is 55.9 Å². The van der Waals surface area contributed by atoms with E-state index >= 15 is 4.79 Å². The molecule has 1 fully saturated rings. The van der Waals surface area contributed by atoms with Crippen molar-refractivity contribution in [2.24, 2.45) is 0 Å². The fourth-order valence-electron chi connectivity index (χ4n) is 9.44. The van der Waals surface area contributed by atoms with Crippen LogP contribution in [0.2, 0.25) is 5.02 Å². The maximum atomic E-state index is 15.1. The zero-order valence-corrected chi connectivity index (χ0v) is 45.9. The van der Waals surface area contributed by atoms with Crippen LogP contribution in [-0.4, -0.2) is 134 Å². The number of hydrogen-bond donors (Lipinski definition) is 6. The van der Waals surface area contributed by atoms with E-state index in [1.807, 2.05) is 12.1 Å². The normalized spacial score (nSPS) is 18.3. The summed E-state index contributed by atoms with van der Waals surface area (Å²) in [6, 6.07) is 17.7. The molecule has 4 aromatic rings. The predicted octanol–water partition coefficient (Wildman–Crippen LogP) is 5.61. The molecule has 4 aromatic carbocycles. The molecule has 2 aliphatic heterocycles. The number of amides is 8. The lowest BCUT2D eigenvalue weighted by Gasteiger charge is -2.33. The average Bonchev–Trinajstić information content (AvgIpc) is 3.90. The Morgan fingerprint density at radius 1 is 0.844 bits per heavy atom. The topological polar surface area (TPSA) is 243 Å². The number of methoxy groups -OCH3 is 2. The van der Waals surface area contributed by atoms with Gasteiger partial charge in [-0.05, 0) is 143 Å². The summed E-state index contributed by atoms with van der Waals surface area (Å²) < 4.78 is 16.9. The first-order valence-electron chi connectivity index (χ1n) is 25.8. The van der Waals surface area contributed by atoms with Crippen LogP contribution in [-0.2, 0) is 51.3 Å². The van der Waals surface area contributed by atoms with Gasteiger partial charge in [-0.2, -0.15) is 0 Å². The van der Waals surface area contributed by atoms with Gasteiger partial charge in [-0.25, -0.2) is 4.79 Å². The maximum absolute atomic E-state index is 15.1. The zero-order chi connectivity index (χ0) is 56.1. The number of rotatable bonds is 17. The Morgan fingerprint density at radius 2 is 1.53 bits per heavy atom. The minimum atomic E-state index is -1.41. The van der Waals surface area contributed by atoms with E-state index in [-0.39, 0.29) is 37.5 Å². The molecule has 2 aliphatic rings. The van der Waals surface area contributed by atoms with E-state index < -0.39 is 83.4 Å². The average molecular weight is 1080 g/mol. The molecule has 0 radical (unpaired) electrons. The summed E-state index contributed by atoms with van der Waals surface area (Å²) >= 11 is 6.11. The van der Waals surface area contributed by atoms with E-state index in [1.165, 1.54) is 52.0 Å². The van der Waals surface area contributed by atoms with Crippen LogP contribution in [0, 0.1) is 0 Å². The van der Waals surface area contributed by atoms with Crippen molar-refractivity contribution in [1.82, 2.24) is 41.7 Å². The lowest BCUT2D eigenvalue weighted by molar-refractivity contribution is -0.142. The molecule has 0 spiro atoms. The van der Waals surface area contributed by atoms with Gasteiger partial charge in [0.1, 0.15) is 47.6 Å². The van der Waals surface area contributed by atoms with Gasteiger partial charge in [0.25, 0.3) is 5.91 Å². The van der Waals surface area contributed by atoms with E-state index in [0.717, 1.165) is 11.1 Å². The number of benzene rings is 4. The quantitative estimate of drug-likeness (QED) is 0.0711. The first-order valence-corrected chi connectivity index (χ1v) is 26.1. The zero-order valence-electron chi connectivity index (χ0n) is 45.2. The minimum Gasteiger partial charge on any atom is -0.496 e. The first kappa shape index (κ1) is 58.7. The van der Waals surface area contributed by atoms with Crippen molar-refractivity contribution < 1.29 is 52.6 Å². The van der Waals surface area contributed by atoms with Crippen molar-refractivity contribution in [3.05, 3.63) is 112 Å². The fourth-order valence-corrected chi connectivity index (χ4v) is 9.57. The number of likely N-dealkylation sites (N-methyl/N-ethyl adjacent to an activating group) is 2. The van der Waals surface area contributed by atoms with Crippen molar-refractivity contribution >= 4 is 59.0 Å². The van der Waals surface area contributed by atoms with E-state index in [2.05, 4.69) is 31.9 Å². The van der Waals surface area contributed by atoms with Gasteiger partial charge >= 0.3 is 6.09 Å². The van der Waals surface area contributed by atoms with Crippen molar-refractivity contribution in [1.29, 1.82) is 0 Å². The van der Waals surface area contributed by atoms with Gasteiger partial charge in [0, 0.05) is 56.9 Å². The summed E-state index contributed by atoms with van der Waals surface area (Å²) in [5.74, 6) is -3.70. The number of hydrogen-bond acceptors (Lipinski definition) is 11. The van der Waals surface area contributed by atoms with Gasteiger partial charge in [0.05, 0.1) is 13.7 Å². The summed E-state index contributed by atoms with van der Waals surface area (Å²) in [5, 5.41) is 17.1. The third-order valence-electron chi connectivity index (χ3n) is 13.4. The number of carbonyl (C=O) groups excluding carboxylic acids is 8. The van der Waals surface area contributed by atoms with Crippen molar-refractivity contribution in [3.8, 4) is 28.0 Å². The molecular formula is C57H71ClN8O11. The monoisotopic (exact) mass is 1080 g/mol. The van der Waals surface area contributed by atoms with Crippen LogP contribution in [0.15, 0.2) is 84.9 Å². The number of fused-ring (bicyclic) bond motifs is 5. The molecular weight excluding hydrogens is 1010 g/mol. The highest BCUT2D eigenvalue weighted by molar-refractivity contribution is 6.30. The summed E-state index contributed by atoms with van der Waals surface area (Å²) in [5.41, 5.74) is 4.06. The molecule has 2 heterocycles. The molecule has 20 heteroatoms. The maximum Gasteiger partial charge on any atom is 0.407 e. The van der Waals surface area contributed by atoms with Crippen LogP contribution >= 0.6 is 11.6 Å². The molecule has 77 heavy (non-hydrogen) atoms. The predicted molar refractivity (Wildman–Crippen MR) is 291 cm³/mol. The van der Waals surface area contributed by atoms with Crippen LogP contribution in [0.1, 0.15) is 99.8 Å². The SMILES string of the molecule is CNC(=O)[C@@H]1CCCN1C(=O)[C@H](C)NC(=O)[C@@H]1Cc2ccc(OC)c(c2)-c2cc(ccc2COC)[C@H](N(C)C(=O)[C@H](CCCCNC(=O)OC(C)(C)C)NC(=O)c2ccc(-c3ccc(Cl)cc3)cc2)C(=O)N[C@@H](C)C(=O)N1. The van der Waals surface area contributed by atoms with Crippen LogP contribution in [0.5, 0.6) is 5.75 Å². The Hall–Kier alpha value is -7.51. The fraction of sp³-hybridized carbons (Fsp3) is 0.439. The molecule has 0 aliphatic carbocycles. The molecule has 4 bridgehead atoms. The Balaban J connectivity index is 1.34. The number of ether oxygens (including phenoxy) is 3. The van der Waals surface area contributed by atoms with Crippen molar-refractivity contribution in [2.45, 2.75) is 122 Å². The van der Waals surface area contributed by atoms with E-state index in [1.54, 1.807) is 93.6 Å². The van der Waals surface area contributed by atoms with E-state index in [0.29, 0.717) is 70.8 Å². The van der Waals surface area contributed by atoms with Crippen LogP contribution in [0.3, 0.4) is 0 Å². The Kier molecular flexibility index (Phi) is 20.2. The molecule has 6 atom stereocenters. The summed E-state index contributed by atoms with van der Waals surface area (Å²) in [6.07, 6.45) is 1.31. The largest absolute Gasteiger partial charge is 0.496 e. The number of unbranched alkanes of at least 4 members (excludes halogenated alkanes) is 1.